The van der Waals surface area contributed by atoms with E-state index in [1.54, 1.807) is 6.08 Å². The highest BCUT2D eigenvalue weighted by Crippen LogP contribution is 2.33. The molecule has 1 unspecified atom stereocenters. The average Bonchev–Trinajstić information content (AvgIpc) is 2.44. The van der Waals surface area contributed by atoms with E-state index in [1.807, 2.05) is 0 Å². The van der Waals surface area contributed by atoms with Gasteiger partial charge in [-0.25, -0.2) is 9.18 Å². The molecule has 0 fully saturated rings. The molecule has 0 saturated carbocycles. The molecule has 1 aromatic carbocycles. The van der Waals surface area contributed by atoms with Crippen LogP contribution >= 0.6 is 0 Å². The van der Waals surface area contributed by atoms with Crippen molar-refractivity contribution in [3.8, 4) is 0 Å². The molecule has 1 aliphatic rings. The quantitative estimate of drug-likeness (QED) is 0.531. The minimum absolute atomic E-state index is 0.351. The third-order valence-corrected chi connectivity index (χ3v) is 2.21. The van der Waals surface area contributed by atoms with Crippen LogP contribution in [0.2, 0.25) is 0 Å². The highest BCUT2D eigenvalue weighted by Gasteiger charge is 2.30. The van der Waals surface area contributed by atoms with Gasteiger partial charge < -0.3 is 4.74 Å². The lowest BCUT2D eigenvalue weighted by atomic mass is 10.0. The topological polar surface area (TPSA) is 26.3 Å². The van der Waals surface area contributed by atoms with Crippen LogP contribution < -0.4 is 0 Å². The highest BCUT2D eigenvalue weighted by atomic mass is 19.1. The maximum absolute atomic E-state index is 12.9. The monoisotopic (exact) mass is 192 g/mol. The Morgan fingerprint density at radius 3 is 3.07 bits per heavy atom. The summed E-state index contributed by atoms with van der Waals surface area (Å²) in [5.74, 6) is -0.733. The molecular formula is C11H9FO2. The van der Waals surface area contributed by atoms with Gasteiger partial charge in [-0.15, -0.1) is 6.58 Å². The van der Waals surface area contributed by atoms with E-state index in [9.17, 15) is 9.18 Å². The Hall–Kier alpha value is -1.64. The molecule has 0 saturated heterocycles. The number of carbonyl (C=O) groups excluding carboxylic acids is 1. The van der Waals surface area contributed by atoms with Crippen molar-refractivity contribution in [2.24, 2.45) is 0 Å². The fraction of sp³-hybridized carbons (Fsp3) is 0.182. The fourth-order valence-corrected chi connectivity index (χ4v) is 1.57. The molecule has 0 spiro atoms. The predicted molar refractivity (Wildman–Crippen MR) is 49.4 cm³/mol. The molecule has 3 heteroatoms. The lowest BCUT2D eigenvalue weighted by molar-refractivity contribution is 0.0392. The van der Waals surface area contributed by atoms with Crippen molar-refractivity contribution in [1.82, 2.24) is 0 Å². The number of halogens is 1. The highest BCUT2D eigenvalue weighted by molar-refractivity contribution is 5.94. The Labute approximate surface area is 81.0 Å². The van der Waals surface area contributed by atoms with Crippen molar-refractivity contribution in [2.75, 3.05) is 0 Å². The summed E-state index contributed by atoms with van der Waals surface area (Å²) in [4.78, 5) is 11.3. The number of fused-ring (bicyclic) bond motifs is 1. The maximum Gasteiger partial charge on any atom is 0.339 e. The second-order valence-electron chi connectivity index (χ2n) is 3.15. The van der Waals surface area contributed by atoms with Crippen LogP contribution in [-0.2, 0) is 4.74 Å². The van der Waals surface area contributed by atoms with Crippen LogP contribution in [0.25, 0.3) is 0 Å². The van der Waals surface area contributed by atoms with Crippen LogP contribution in [0.5, 0.6) is 0 Å². The summed E-state index contributed by atoms with van der Waals surface area (Å²) in [6.07, 6.45) is 1.80. The lowest BCUT2D eigenvalue weighted by Gasteiger charge is -2.06. The molecule has 0 radical (unpaired) electrons. The van der Waals surface area contributed by atoms with Gasteiger partial charge in [-0.05, 0) is 18.2 Å². The van der Waals surface area contributed by atoms with E-state index in [1.165, 1.54) is 18.2 Å². The summed E-state index contributed by atoms with van der Waals surface area (Å²) in [6.45, 7) is 3.56. The first-order valence-electron chi connectivity index (χ1n) is 4.33. The Balaban J connectivity index is 2.45. The zero-order valence-corrected chi connectivity index (χ0v) is 7.50. The smallest absolute Gasteiger partial charge is 0.339 e. The number of cyclic esters (lactones) is 1. The molecule has 0 aromatic heterocycles. The minimum Gasteiger partial charge on any atom is -0.454 e. The third kappa shape index (κ3) is 1.31. The van der Waals surface area contributed by atoms with Gasteiger partial charge in [0.15, 0.2) is 0 Å². The van der Waals surface area contributed by atoms with Gasteiger partial charge in [0, 0.05) is 12.0 Å². The Bertz CT molecular complexity index is 398. The minimum atomic E-state index is -0.383. The van der Waals surface area contributed by atoms with Gasteiger partial charge in [0.05, 0.1) is 5.56 Å². The van der Waals surface area contributed by atoms with E-state index in [4.69, 9.17) is 4.74 Å². The number of carbonyl (C=O) groups is 1. The number of esters is 1. The van der Waals surface area contributed by atoms with Gasteiger partial charge in [0.1, 0.15) is 11.9 Å². The number of hydrogen-bond acceptors (Lipinski definition) is 2. The van der Waals surface area contributed by atoms with Gasteiger partial charge in [-0.3, -0.25) is 0 Å². The molecule has 0 bridgehead atoms. The van der Waals surface area contributed by atoms with Crippen LogP contribution in [0.3, 0.4) is 0 Å². The van der Waals surface area contributed by atoms with E-state index >= 15 is 0 Å². The molecule has 0 N–H and O–H groups in total. The summed E-state index contributed by atoms with van der Waals surface area (Å²) in [5.41, 5.74) is 1.08. The number of hydrogen-bond donors (Lipinski definition) is 0. The predicted octanol–water partition coefficient (Wildman–Crippen LogP) is 2.61. The van der Waals surface area contributed by atoms with Crippen LogP contribution in [-0.4, -0.2) is 5.97 Å². The van der Waals surface area contributed by atoms with Gasteiger partial charge in [-0.1, -0.05) is 6.08 Å². The normalized spacial score (nSPS) is 18.9. The Morgan fingerprint density at radius 1 is 1.57 bits per heavy atom. The largest absolute Gasteiger partial charge is 0.454 e. The van der Waals surface area contributed by atoms with Crippen LogP contribution in [0.4, 0.5) is 4.39 Å². The lowest BCUT2D eigenvalue weighted by Crippen LogP contribution is -1.96. The fourth-order valence-electron chi connectivity index (χ4n) is 1.57. The van der Waals surface area contributed by atoms with E-state index in [-0.39, 0.29) is 17.9 Å². The molecule has 0 amide bonds. The van der Waals surface area contributed by atoms with Gasteiger partial charge in [-0.2, -0.15) is 0 Å². The summed E-state index contributed by atoms with van der Waals surface area (Å²) >= 11 is 0. The molecule has 2 rings (SSSR count). The molecule has 0 aliphatic carbocycles. The molecule has 1 atom stereocenters. The van der Waals surface area contributed by atoms with Gasteiger partial charge in [0.2, 0.25) is 0 Å². The van der Waals surface area contributed by atoms with E-state index in [2.05, 4.69) is 6.58 Å². The van der Waals surface area contributed by atoms with E-state index in [0.717, 1.165) is 0 Å². The van der Waals surface area contributed by atoms with Crippen molar-refractivity contribution in [3.63, 3.8) is 0 Å². The molecule has 1 aromatic rings. The zero-order valence-electron chi connectivity index (χ0n) is 7.50. The number of rotatable bonds is 2. The summed E-state index contributed by atoms with van der Waals surface area (Å²) < 4.78 is 18.0. The second-order valence-corrected chi connectivity index (χ2v) is 3.15. The van der Waals surface area contributed by atoms with E-state index in [0.29, 0.717) is 17.5 Å². The van der Waals surface area contributed by atoms with Crippen molar-refractivity contribution in [3.05, 3.63) is 47.8 Å². The van der Waals surface area contributed by atoms with Crippen LogP contribution in [0.15, 0.2) is 30.9 Å². The SMILES string of the molecule is C=CCC1OC(=O)c2ccc(F)cc21. The van der Waals surface area contributed by atoms with Gasteiger partial charge in [0.25, 0.3) is 0 Å². The maximum atomic E-state index is 12.9. The Morgan fingerprint density at radius 2 is 2.36 bits per heavy atom. The number of benzene rings is 1. The first-order valence-corrected chi connectivity index (χ1v) is 4.33. The summed E-state index contributed by atoms with van der Waals surface area (Å²) in [7, 11) is 0. The van der Waals surface area contributed by atoms with Crippen molar-refractivity contribution >= 4 is 5.97 Å². The first-order chi connectivity index (χ1) is 6.72. The second kappa shape index (κ2) is 3.25. The van der Waals surface area contributed by atoms with Crippen molar-refractivity contribution in [1.29, 1.82) is 0 Å². The standard InChI is InChI=1S/C11H9FO2/c1-2-3-10-9-6-7(12)4-5-8(9)11(13)14-10/h2,4-6,10H,1,3H2. The first kappa shape index (κ1) is 8.94. The average molecular weight is 192 g/mol. The van der Waals surface area contributed by atoms with Crippen LogP contribution in [0, 0.1) is 5.82 Å². The van der Waals surface area contributed by atoms with Crippen molar-refractivity contribution in [2.45, 2.75) is 12.5 Å². The third-order valence-electron chi connectivity index (χ3n) is 2.21. The van der Waals surface area contributed by atoms with Crippen LogP contribution in [0.1, 0.15) is 28.4 Å². The Kier molecular flexibility index (Phi) is 2.08. The molecule has 72 valence electrons. The molecule has 1 aliphatic heterocycles. The van der Waals surface area contributed by atoms with E-state index < -0.39 is 0 Å². The zero-order chi connectivity index (χ0) is 10.1. The van der Waals surface area contributed by atoms with Crippen molar-refractivity contribution < 1.29 is 13.9 Å². The number of ether oxygens (including phenoxy) is 1. The molecule has 14 heavy (non-hydrogen) atoms. The molecular weight excluding hydrogens is 183 g/mol. The van der Waals surface area contributed by atoms with Gasteiger partial charge >= 0.3 is 5.97 Å². The summed E-state index contributed by atoms with van der Waals surface area (Å²) in [5, 5.41) is 0. The molecule has 2 nitrogen and oxygen atoms in total. The summed E-state index contributed by atoms with van der Waals surface area (Å²) in [6, 6.07) is 4.06. The molecule has 1 heterocycles.